The van der Waals surface area contributed by atoms with Crippen LogP contribution in [0.1, 0.15) is 28.9 Å². The Labute approximate surface area is 129 Å². The van der Waals surface area contributed by atoms with Crippen molar-refractivity contribution >= 4 is 34.8 Å². The van der Waals surface area contributed by atoms with Crippen molar-refractivity contribution in [2.45, 2.75) is 13.0 Å². The van der Waals surface area contributed by atoms with E-state index < -0.39 is 10.8 Å². The van der Waals surface area contributed by atoms with Crippen LogP contribution in [0.5, 0.6) is 0 Å². The lowest BCUT2D eigenvalue weighted by Crippen LogP contribution is -2.26. The van der Waals surface area contributed by atoms with Gasteiger partial charge in [0.2, 0.25) is 0 Å². The van der Waals surface area contributed by atoms with E-state index in [1.165, 1.54) is 0 Å². The number of carbonyl (C=O) groups is 1. The molecule has 1 heterocycles. The maximum Gasteiger partial charge on any atom is 0.271 e. The summed E-state index contributed by atoms with van der Waals surface area (Å²) in [7, 11) is 0. The highest BCUT2D eigenvalue weighted by molar-refractivity contribution is 6.44. The number of hydrogen-bond donors (Lipinski definition) is 2. The minimum atomic E-state index is -0.640. The average molecular weight is 329 g/mol. The minimum Gasteiger partial charge on any atom is -0.345 e. The quantitative estimate of drug-likeness (QED) is 0.665. The molecule has 0 radical (unpaired) electrons. The third-order valence-electron chi connectivity index (χ3n) is 2.84. The van der Waals surface area contributed by atoms with Gasteiger partial charge in [0.05, 0.1) is 32.8 Å². The number of aromatic nitrogens is 2. The van der Waals surface area contributed by atoms with Crippen molar-refractivity contribution in [3.8, 4) is 0 Å². The van der Waals surface area contributed by atoms with Gasteiger partial charge in [0.15, 0.2) is 0 Å². The van der Waals surface area contributed by atoms with Crippen molar-refractivity contribution < 1.29 is 9.72 Å². The number of rotatable bonds is 4. The maximum atomic E-state index is 12.2. The zero-order valence-corrected chi connectivity index (χ0v) is 12.3. The highest BCUT2D eigenvalue weighted by atomic mass is 35.5. The average Bonchev–Trinajstić information content (AvgIpc) is 2.95. The topological polar surface area (TPSA) is 101 Å². The van der Waals surface area contributed by atoms with E-state index in [0.29, 0.717) is 0 Å². The molecule has 0 fully saturated rings. The molecule has 0 aliphatic heterocycles. The van der Waals surface area contributed by atoms with Gasteiger partial charge in [-0.15, -0.1) is 0 Å². The van der Waals surface area contributed by atoms with E-state index >= 15 is 0 Å². The monoisotopic (exact) mass is 328 g/mol. The Morgan fingerprint density at radius 2 is 2.19 bits per heavy atom. The van der Waals surface area contributed by atoms with Crippen molar-refractivity contribution in [1.82, 2.24) is 15.5 Å². The number of benzene rings is 1. The van der Waals surface area contributed by atoms with E-state index in [1.54, 1.807) is 19.3 Å². The van der Waals surface area contributed by atoms with E-state index in [1.807, 2.05) is 0 Å². The SMILES string of the molecule is CC(NC(=O)c1cc([N+](=O)[O-])cc(Cl)c1Cl)c1cn[nH]c1. The van der Waals surface area contributed by atoms with Gasteiger partial charge in [0.1, 0.15) is 0 Å². The summed E-state index contributed by atoms with van der Waals surface area (Å²) in [5.74, 6) is -0.556. The molecule has 2 aromatic rings. The Morgan fingerprint density at radius 3 is 2.76 bits per heavy atom. The molecule has 7 nitrogen and oxygen atoms in total. The van der Waals surface area contributed by atoms with Crippen LogP contribution in [0.2, 0.25) is 10.0 Å². The van der Waals surface area contributed by atoms with E-state index in [0.717, 1.165) is 17.7 Å². The van der Waals surface area contributed by atoms with Crippen molar-refractivity contribution in [1.29, 1.82) is 0 Å². The standard InChI is InChI=1S/C12H10Cl2N4O3/c1-6(7-4-15-16-5-7)17-12(19)9-2-8(18(20)21)3-10(13)11(9)14/h2-6H,1H3,(H,15,16)(H,17,19). The van der Waals surface area contributed by atoms with E-state index in [4.69, 9.17) is 23.2 Å². The van der Waals surface area contributed by atoms with Crippen molar-refractivity contribution in [2.24, 2.45) is 0 Å². The van der Waals surface area contributed by atoms with Gasteiger partial charge in [0, 0.05) is 23.9 Å². The first kappa shape index (κ1) is 15.3. The van der Waals surface area contributed by atoms with Gasteiger partial charge in [-0.05, 0) is 6.92 Å². The van der Waals surface area contributed by atoms with Crippen molar-refractivity contribution in [2.75, 3.05) is 0 Å². The van der Waals surface area contributed by atoms with Crippen LogP contribution in [-0.2, 0) is 0 Å². The largest absolute Gasteiger partial charge is 0.345 e. The highest BCUT2D eigenvalue weighted by Crippen LogP contribution is 2.31. The van der Waals surface area contributed by atoms with Crippen molar-refractivity contribution in [3.05, 3.63) is 55.8 Å². The first-order valence-electron chi connectivity index (χ1n) is 5.83. The molecule has 1 atom stereocenters. The second-order valence-corrected chi connectivity index (χ2v) is 5.06. The Morgan fingerprint density at radius 1 is 1.48 bits per heavy atom. The Bertz CT molecular complexity index is 688. The number of amides is 1. The molecule has 1 aromatic heterocycles. The Kier molecular flexibility index (Phi) is 4.44. The summed E-state index contributed by atoms with van der Waals surface area (Å²) < 4.78 is 0. The summed E-state index contributed by atoms with van der Waals surface area (Å²) in [6, 6.07) is 1.84. The third-order valence-corrected chi connectivity index (χ3v) is 3.64. The molecular formula is C12H10Cl2N4O3. The zero-order valence-electron chi connectivity index (χ0n) is 10.8. The Balaban J connectivity index is 2.28. The molecule has 0 saturated carbocycles. The lowest BCUT2D eigenvalue weighted by Gasteiger charge is -2.13. The molecule has 2 rings (SSSR count). The van der Waals surface area contributed by atoms with Crippen LogP contribution in [0.15, 0.2) is 24.5 Å². The molecule has 1 aromatic carbocycles. The lowest BCUT2D eigenvalue weighted by molar-refractivity contribution is -0.384. The van der Waals surface area contributed by atoms with Crippen molar-refractivity contribution in [3.63, 3.8) is 0 Å². The first-order chi connectivity index (χ1) is 9.90. The molecule has 0 spiro atoms. The summed E-state index contributed by atoms with van der Waals surface area (Å²) in [5.41, 5.74) is 0.410. The van der Waals surface area contributed by atoms with Gasteiger partial charge in [-0.3, -0.25) is 20.0 Å². The fourth-order valence-electron chi connectivity index (χ4n) is 1.70. The fourth-order valence-corrected chi connectivity index (χ4v) is 2.11. The van der Waals surface area contributed by atoms with Gasteiger partial charge in [-0.2, -0.15) is 5.10 Å². The number of non-ortho nitro benzene ring substituents is 1. The van der Waals surface area contributed by atoms with Crippen LogP contribution in [0.4, 0.5) is 5.69 Å². The number of H-pyrrole nitrogens is 1. The van der Waals surface area contributed by atoms with Gasteiger partial charge in [-0.1, -0.05) is 23.2 Å². The predicted molar refractivity (Wildman–Crippen MR) is 77.6 cm³/mol. The van der Waals surface area contributed by atoms with Crippen LogP contribution in [-0.4, -0.2) is 21.0 Å². The number of aromatic amines is 1. The van der Waals surface area contributed by atoms with Gasteiger partial charge < -0.3 is 5.32 Å². The zero-order chi connectivity index (χ0) is 15.6. The molecule has 0 aliphatic carbocycles. The molecule has 2 N–H and O–H groups in total. The van der Waals surface area contributed by atoms with E-state index in [-0.39, 0.29) is 27.3 Å². The number of nitrogens with zero attached hydrogens (tertiary/aromatic N) is 2. The summed E-state index contributed by atoms with van der Waals surface area (Å²) >= 11 is 11.8. The molecule has 0 saturated heterocycles. The molecule has 21 heavy (non-hydrogen) atoms. The van der Waals surface area contributed by atoms with E-state index in [2.05, 4.69) is 15.5 Å². The van der Waals surface area contributed by atoms with E-state index in [9.17, 15) is 14.9 Å². The molecule has 9 heteroatoms. The van der Waals surface area contributed by atoms with Gasteiger partial charge in [0.25, 0.3) is 11.6 Å². The maximum absolute atomic E-state index is 12.2. The number of nitrogens with one attached hydrogen (secondary N) is 2. The van der Waals surface area contributed by atoms with Crippen LogP contribution >= 0.6 is 23.2 Å². The fraction of sp³-hybridized carbons (Fsp3) is 0.167. The number of nitro benzene ring substituents is 1. The summed E-state index contributed by atoms with van der Waals surface area (Å²) in [4.78, 5) is 22.4. The molecule has 1 amide bonds. The van der Waals surface area contributed by atoms with Gasteiger partial charge in [-0.25, -0.2) is 0 Å². The number of halogens is 2. The lowest BCUT2D eigenvalue weighted by atomic mass is 10.1. The number of carbonyl (C=O) groups excluding carboxylic acids is 1. The normalized spacial score (nSPS) is 12.0. The van der Waals surface area contributed by atoms with Crippen LogP contribution in [0, 0.1) is 10.1 Å². The molecule has 0 aliphatic rings. The second kappa shape index (κ2) is 6.11. The minimum absolute atomic E-state index is 0.0286. The molecule has 110 valence electrons. The number of hydrogen-bond acceptors (Lipinski definition) is 4. The summed E-state index contributed by atoms with van der Waals surface area (Å²) in [5, 5.41) is 19.8. The smallest absolute Gasteiger partial charge is 0.271 e. The van der Waals surface area contributed by atoms with Crippen LogP contribution in [0.3, 0.4) is 0 Å². The third kappa shape index (κ3) is 3.32. The molecular weight excluding hydrogens is 319 g/mol. The van der Waals surface area contributed by atoms with Crippen LogP contribution in [0.25, 0.3) is 0 Å². The highest BCUT2D eigenvalue weighted by Gasteiger charge is 2.21. The molecule has 0 bridgehead atoms. The predicted octanol–water partition coefficient (Wildman–Crippen LogP) is 3.12. The summed E-state index contributed by atoms with van der Waals surface area (Å²) in [6.07, 6.45) is 3.19. The summed E-state index contributed by atoms with van der Waals surface area (Å²) in [6.45, 7) is 1.75. The number of nitro groups is 1. The van der Waals surface area contributed by atoms with Gasteiger partial charge >= 0.3 is 0 Å². The first-order valence-corrected chi connectivity index (χ1v) is 6.58. The van der Waals surface area contributed by atoms with Crippen LogP contribution < -0.4 is 5.32 Å². The Hall–Kier alpha value is -2.12. The second-order valence-electron chi connectivity index (χ2n) is 4.27. The molecule has 1 unspecified atom stereocenters.